The zero-order valence-corrected chi connectivity index (χ0v) is 12.6. The molecule has 0 radical (unpaired) electrons. The quantitative estimate of drug-likeness (QED) is 0.655. The number of carbonyl (C=O) groups excluding carboxylic acids is 1. The van der Waals surface area contributed by atoms with Gasteiger partial charge in [0.15, 0.2) is 0 Å². The lowest BCUT2D eigenvalue weighted by atomic mass is 10.1. The summed E-state index contributed by atoms with van der Waals surface area (Å²) in [5.74, 6) is 3.94. The van der Waals surface area contributed by atoms with Crippen molar-refractivity contribution in [3.8, 4) is 11.8 Å². The lowest BCUT2D eigenvalue weighted by molar-refractivity contribution is -0.120. The van der Waals surface area contributed by atoms with Gasteiger partial charge in [0.1, 0.15) is 12.6 Å². The van der Waals surface area contributed by atoms with Gasteiger partial charge in [-0.25, -0.2) is 8.42 Å². The van der Waals surface area contributed by atoms with Crippen molar-refractivity contribution in [3.63, 3.8) is 0 Å². The van der Waals surface area contributed by atoms with Gasteiger partial charge in [-0.2, -0.15) is 4.72 Å². The summed E-state index contributed by atoms with van der Waals surface area (Å²) in [7, 11) is -3.95. The summed E-state index contributed by atoms with van der Waals surface area (Å²) in [6, 6.07) is 5.07. The molecule has 4 N–H and O–H groups in total. The highest BCUT2D eigenvalue weighted by molar-refractivity contribution is 7.89. The second kappa shape index (κ2) is 7.22. The summed E-state index contributed by atoms with van der Waals surface area (Å²) < 4.78 is 27.1. The van der Waals surface area contributed by atoms with E-state index in [1.807, 2.05) is 0 Å². The second-order valence-corrected chi connectivity index (χ2v) is 6.38. The van der Waals surface area contributed by atoms with Crippen molar-refractivity contribution in [2.45, 2.75) is 24.8 Å². The minimum absolute atomic E-state index is 0.0575. The van der Waals surface area contributed by atoms with E-state index in [-0.39, 0.29) is 23.0 Å². The molecule has 1 amide bonds. The summed E-state index contributed by atoms with van der Waals surface area (Å²) >= 11 is 0. The van der Waals surface area contributed by atoms with Crippen LogP contribution in [0.1, 0.15) is 19.4 Å². The number of benzene rings is 1. The van der Waals surface area contributed by atoms with Gasteiger partial charge in [-0.15, -0.1) is 0 Å². The Bertz CT molecular complexity index is 672. The van der Waals surface area contributed by atoms with Crippen molar-refractivity contribution in [3.05, 3.63) is 29.8 Å². The number of nitrogens with one attached hydrogen (secondary N) is 1. The molecular weight excluding hydrogens is 292 g/mol. The Morgan fingerprint density at radius 3 is 2.52 bits per heavy atom. The SMILES string of the molecule is CC(C)C(NS(=O)(=O)c1ccccc1C#CCO)C(N)=O. The molecule has 7 heteroatoms. The molecule has 0 aliphatic heterocycles. The largest absolute Gasteiger partial charge is 0.384 e. The molecule has 1 aromatic carbocycles. The number of primary amides is 1. The molecule has 21 heavy (non-hydrogen) atoms. The summed E-state index contributed by atoms with van der Waals surface area (Å²) in [6.45, 7) is 3.00. The first kappa shape index (κ1) is 17.2. The molecule has 0 aliphatic rings. The third-order valence-corrected chi connectivity index (χ3v) is 4.23. The first-order valence-electron chi connectivity index (χ1n) is 6.30. The van der Waals surface area contributed by atoms with Crippen LogP contribution in [0, 0.1) is 17.8 Å². The molecule has 0 saturated heterocycles. The van der Waals surface area contributed by atoms with E-state index in [0.717, 1.165) is 0 Å². The van der Waals surface area contributed by atoms with Crippen LogP contribution < -0.4 is 10.5 Å². The molecule has 1 aromatic rings. The predicted molar refractivity (Wildman–Crippen MR) is 78.5 cm³/mol. The van der Waals surface area contributed by atoms with Crippen LogP contribution in [0.25, 0.3) is 0 Å². The number of rotatable bonds is 5. The van der Waals surface area contributed by atoms with Crippen molar-refractivity contribution in [1.82, 2.24) is 4.72 Å². The maximum atomic E-state index is 12.4. The van der Waals surface area contributed by atoms with Crippen molar-refractivity contribution in [1.29, 1.82) is 0 Å². The van der Waals surface area contributed by atoms with Gasteiger partial charge in [0.2, 0.25) is 15.9 Å². The molecule has 0 aliphatic carbocycles. The van der Waals surface area contributed by atoms with Crippen LogP contribution in [0.15, 0.2) is 29.2 Å². The average molecular weight is 310 g/mol. The molecule has 114 valence electrons. The Labute approximate surface area is 124 Å². The molecule has 0 aromatic heterocycles. The van der Waals surface area contributed by atoms with Crippen LogP contribution in [0.3, 0.4) is 0 Å². The van der Waals surface area contributed by atoms with Crippen LogP contribution >= 0.6 is 0 Å². The summed E-state index contributed by atoms with van der Waals surface area (Å²) in [6.07, 6.45) is 0. The fraction of sp³-hybridized carbons (Fsp3) is 0.357. The monoisotopic (exact) mass is 310 g/mol. The normalized spacial score (nSPS) is 12.6. The number of carbonyl (C=O) groups is 1. The van der Waals surface area contributed by atoms with Crippen molar-refractivity contribution in [2.24, 2.45) is 11.7 Å². The zero-order chi connectivity index (χ0) is 16.0. The third-order valence-electron chi connectivity index (χ3n) is 2.73. The Balaban J connectivity index is 3.22. The highest BCUT2D eigenvalue weighted by Crippen LogP contribution is 2.16. The number of aliphatic hydroxyl groups is 1. The lowest BCUT2D eigenvalue weighted by Gasteiger charge is -2.19. The number of sulfonamides is 1. The Morgan fingerprint density at radius 1 is 1.38 bits per heavy atom. The van der Waals surface area contributed by atoms with Gasteiger partial charge in [-0.05, 0) is 18.1 Å². The smallest absolute Gasteiger partial charge is 0.242 e. The Morgan fingerprint density at radius 2 is 2.00 bits per heavy atom. The molecule has 0 bridgehead atoms. The van der Waals surface area contributed by atoms with E-state index in [0.29, 0.717) is 0 Å². The molecule has 6 nitrogen and oxygen atoms in total. The van der Waals surface area contributed by atoms with Gasteiger partial charge < -0.3 is 10.8 Å². The zero-order valence-electron chi connectivity index (χ0n) is 11.8. The van der Waals surface area contributed by atoms with E-state index in [4.69, 9.17) is 10.8 Å². The molecule has 0 fully saturated rings. The minimum atomic E-state index is -3.95. The Kier molecular flexibility index (Phi) is 5.90. The molecule has 0 saturated carbocycles. The van der Waals surface area contributed by atoms with Crippen molar-refractivity contribution in [2.75, 3.05) is 6.61 Å². The summed E-state index contributed by atoms with van der Waals surface area (Å²) in [5, 5.41) is 8.71. The average Bonchev–Trinajstić information content (AvgIpc) is 2.42. The van der Waals surface area contributed by atoms with Gasteiger partial charge in [0, 0.05) is 5.56 Å². The topological polar surface area (TPSA) is 109 Å². The molecule has 0 spiro atoms. The highest BCUT2D eigenvalue weighted by Gasteiger charge is 2.27. The Hall–Kier alpha value is -1.88. The third kappa shape index (κ3) is 4.56. The van der Waals surface area contributed by atoms with Crippen LogP contribution in [-0.2, 0) is 14.8 Å². The van der Waals surface area contributed by atoms with E-state index < -0.39 is 22.0 Å². The van der Waals surface area contributed by atoms with Crippen molar-refractivity contribution < 1.29 is 18.3 Å². The second-order valence-electron chi connectivity index (χ2n) is 4.70. The van der Waals surface area contributed by atoms with Gasteiger partial charge in [-0.3, -0.25) is 4.79 Å². The van der Waals surface area contributed by atoms with E-state index >= 15 is 0 Å². The first-order valence-corrected chi connectivity index (χ1v) is 7.78. The van der Waals surface area contributed by atoms with Crippen LogP contribution in [-0.4, -0.2) is 32.1 Å². The van der Waals surface area contributed by atoms with Gasteiger partial charge >= 0.3 is 0 Å². The first-order chi connectivity index (χ1) is 9.79. The lowest BCUT2D eigenvalue weighted by Crippen LogP contribution is -2.47. The van der Waals surface area contributed by atoms with Crippen LogP contribution in [0.4, 0.5) is 0 Å². The number of amides is 1. The fourth-order valence-electron chi connectivity index (χ4n) is 1.69. The number of hydrogen-bond donors (Lipinski definition) is 3. The predicted octanol–water partition coefficient (Wildman–Crippen LogP) is -0.181. The van der Waals surface area contributed by atoms with Crippen LogP contribution in [0.5, 0.6) is 0 Å². The van der Waals surface area contributed by atoms with Crippen LogP contribution in [0.2, 0.25) is 0 Å². The van der Waals surface area contributed by atoms with E-state index in [1.165, 1.54) is 12.1 Å². The molecule has 1 atom stereocenters. The number of hydrogen-bond acceptors (Lipinski definition) is 4. The summed E-state index contributed by atoms with van der Waals surface area (Å²) in [4.78, 5) is 11.3. The van der Waals surface area contributed by atoms with E-state index in [1.54, 1.807) is 26.0 Å². The number of nitrogens with two attached hydrogens (primary N) is 1. The molecular formula is C14H18N2O4S. The molecule has 1 unspecified atom stereocenters. The fourth-order valence-corrected chi connectivity index (χ4v) is 3.21. The van der Waals surface area contributed by atoms with Gasteiger partial charge in [0.25, 0.3) is 0 Å². The minimum Gasteiger partial charge on any atom is -0.384 e. The maximum Gasteiger partial charge on any atom is 0.242 e. The molecule has 1 rings (SSSR count). The van der Waals surface area contributed by atoms with Gasteiger partial charge in [-0.1, -0.05) is 37.8 Å². The van der Waals surface area contributed by atoms with E-state index in [9.17, 15) is 13.2 Å². The highest BCUT2D eigenvalue weighted by atomic mass is 32.2. The summed E-state index contributed by atoms with van der Waals surface area (Å²) in [5.41, 5.74) is 5.46. The molecule has 0 heterocycles. The standard InChI is InChI=1S/C14H18N2O4S/c1-10(2)13(14(15)18)16-21(19,20)12-8-4-3-6-11(12)7-5-9-17/h3-4,6,8,10,13,16-17H,9H2,1-2H3,(H2,15,18). The van der Waals surface area contributed by atoms with E-state index in [2.05, 4.69) is 16.6 Å². The number of aliphatic hydroxyl groups excluding tert-OH is 1. The van der Waals surface area contributed by atoms with Crippen molar-refractivity contribution >= 4 is 15.9 Å². The maximum absolute atomic E-state index is 12.4. The van der Waals surface area contributed by atoms with Gasteiger partial charge in [0.05, 0.1) is 4.90 Å².